The molecule has 0 radical (unpaired) electrons. The predicted molar refractivity (Wildman–Crippen MR) is 70.0 cm³/mol. The van der Waals surface area contributed by atoms with Gasteiger partial charge in [-0.15, -0.1) is 0 Å². The smallest absolute Gasteiger partial charge is 0.222 e. The molecule has 0 aliphatic heterocycles. The average molecular weight is 259 g/mol. The summed E-state index contributed by atoms with van der Waals surface area (Å²) < 4.78 is 5.08. The Labute approximate surface area is 109 Å². The largest absolute Gasteiger partial charge is 0.380 e. The van der Waals surface area contributed by atoms with Gasteiger partial charge in [-0.1, -0.05) is 13.8 Å². The van der Waals surface area contributed by atoms with Crippen LogP contribution < -0.4 is 16.4 Å². The standard InChI is InChI=1S/C12H25N3O3/c1-10(2)9-15-11(16)3-6-14-12(17)4-7-18-8-5-13/h10H,3-9,13H2,1-2H3,(H,14,17)(H,15,16). The molecule has 0 aromatic heterocycles. The number of hydrogen-bond donors (Lipinski definition) is 3. The maximum atomic E-state index is 11.3. The minimum atomic E-state index is -0.108. The van der Waals surface area contributed by atoms with Crippen LogP contribution in [0.25, 0.3) is 0 Å². The molecule has 0 saturated heterocycles. The molecular weight excluding hydrogens is 234 g/mol. The van der Waals surface area contributed by atoms with E-state index in [1.54, 1.807) is 0 Å². The van der Waals surface area contributed by atoms with Gasteiger partial charge in [0.2, 0.25) is 11.8 Å². The third kappa shape index (κ3) is 11.3. The van der Waals surface area contributed by atoms with Crippen LogP contribution in [-0.2, 0) is 14.3 Å². The second-order valence-electron chi connectivity index (χ2n) is 4.45. The first-order valence-electron chi connectivity index (χ1n) is 6.37. The van der Waals surface area contributed by atoms with Gasteiger partial charge in [0.05, 0.1) is 13.2 Å². The van der Waals surface area contributed by atoms with Crippen LogP contribution in [0.5, 0.6) is 0 Å². The van der Waals surface area contributed by atoms with Gasteiger partial charge in [-0.2, -0.15) is 0 Å². The van der Waals surface area contributed by atoms with Gasteiger partial charge >= 0.3 is 0 Å². The highest BCUT2D eigenvalue weighted by molar-refractivity contribution is 5.78. The minimum absolute atomic E-state index is 0.0385. The summed E-state index contributed by atoms with van der Waals surface area (Å²) in [6.07, 6.45) is 0.607. The molecule has 0 aromatic carbocycles. The van der Waals surface area contributed by atoms with Gasteiger partial charge in [0.25, 0.3) is 0 Å². The molecule has 0 spiro atoms. The zero-order valence-corrected chi connectivity index (χ0v) is 11.3. The lowest BCUT2D eigenvalue weighted by Gasteiger charge is -2.08. The van der Waals surface area contributed by atoms with Gasteiger partial charge in [0.1, 0.15) is 0 Å². The summed E-state index contributed by atoms with van der Waals surface area (Å²) in [5.41, 5.74) is 5.24. The van der Waals surface area contributed by atoms with Crippen LogP contribution in [-0.4, -0.2) is 44.7 Å². The number of nitrogens with two attached hydrogens (primary N) is 1. The highest BCUT2D eigenvalue weighted by Gasteiger charge is 2.04. The minimum Gasteiger partial charge on any atom is -0.380 e. The topological polar surface area (TPSA) is 93.5 Å². The van der Waals surface area contributed by atoms with Crippen LogP contribution in [0.4, 0.5) is 0 Å². The summed E-state index contributed by atoms with van der Waals surface area (Å²) in [4.78, 5) is 22.6. The molecule has 6 heteroatoms. The maximum absolute atomic E-state index is 11.3. The number of amides is 2. The molecule has 0 saturated carbocycles. The number of carbonyl (C=O) groups is 2. The monoisotopic (exact) mass is 259 g/mol. The highest BCUT2D eigenvalue weighted by Crippen LogP contribution is 1.88. The van der Waals surface area contributed by atoms with Crippen molar-refractivity contribution in [3.63, 3.8) is 0 Å². The van der Waals surface area contributed by atoms with Crippen molar-refractivity contribution >= 4 is 11.8 Å². The number of hydrogen-bond acceptors (Lipinski definition) is 4. The summed E-state index contributed by atoms with van der Waals surface area (Å²) in [6.45, 7) is 6.37. The molecule has 0 aliphatic carbocycles. The number of rotatable bonds is 10. The zero-order chi connectivity index (χ0) is 13.8. The number of nitrogens with one attached hydrogen (secondary N) is 2. The normalized spacial score (nSPS) is 10.4. The van der Waals surface area contributed by atoms with Crippen LogP contribution in [0.3, 0.4) is 0 Å². The first-order chi connectivity index (χ1) is 8.56. The van der Waals surface area contributed by atoms with Crippen LogP contribution >= 0.6 is 0 Å². The van der Waals surface area contributed by atoms with Crippen LogP contribution in [0.1, 0.15) is 26.7 Å². The molecule has 2 amide bonds. The Morgan fingerprint density at radius 3 is 2.39 bits per heavy atom. The van der Waals surface area contributed by atoms with E-state index in [1.807, 2.05) is 13.8 Å². The van der Waals surface area contributed by atoms with Gasteiger partial charge in [-0.3, -0.25) is 9.59 Å². The second-order valence-corrected chi connectivity index (χ2v) is 4.45. The van der Waals surface area contributed by atoms with Gasteiger partial charge in [0.15, 0.2) is 0 Å². The quantitative estimate of drug-likeness (QED) is 0.467. The highest BCUT2D eigenvalue weighted by atomic mass is 16.5. The predicted octanol–water partition coefficient (Wildman–Crippen LogP) is -0.370. The van der Waals surface area contributed by atoms with Crippen molar-refractivity contribution in [2.75, 3.05) is 32.8 Å². The van der Waals surface area contributed by atoms with Crippen molar-refractivity contribution in [1.29, 1.82) is 0 Å². The van der Waals surface area contributed by atoms with Gasteiger partial charge in [-0.05, 0) is 5.92 Å². The lowest BCUT2D eigenvalue weighted by atomic mass is 10.2. The van der Waals surface area contributed by atoms with E-state index in [0.717, 1.165) is 0 Å². The Hall–Kier alpha value is -1.14. The molecule has 0 unspecified atom stereocenters. The van der Waals surface area contributed by atoms with E-state index < -0.39 is 0 Å². The van der Waals surface area contributed by atoms with E-state index in [1.165, 1.54) is 0 Å². The lowest BCUT2D eigenvalue weighted by molar-refractivity contribution is -0.123. The summed E-state index contributed by atoms with van der Waals surface area (Å²) in [7, 11) is 0. The van der Waals surface area contributed by atoms with Crippen molar-refractivity contribution in [1.82, 2.24) is 10.6 Å². The van der Waals surface area contributed by atoms with Crippen molar-refractivity contribution in [2.45, 2.75) is 26.7 Å². The van der Waals surface area contributed by atoms with E-state index in [0.29, 0.717) is 51.6 Å². The molecule has 18 heavy (non-hydrogen) atoms. The van der Waals surface area contributed by atoms with Crippen molar-refractivity contribution in [3.05, 3.63) is 0 Å². The summed E-state index contributed by atoms with van der Waals surface area (Å²) in [5, 5.41) is 5.45. The Bertz CT molecular complexity index is 245. The second kappa shape index (κ2) is 11.0. The Kier molecular flexibility index (Phi) is 10.3. The van der Waals surface area contributed by atoms with Crippen LogP contribution in [0.2, 0.25) is 0 Å². The van der Waals surface area contributed by atoms with Crippen LogP contribution in [0.15, 0.2) is 0 Å². The number of ether oxygens (including phenoxy) is 1. The number of carbonyl (C=O) groups excluding carboxylic acids is 2. The van der Waals surface area contributed by atoms with Crippen molar-refractivity contribution in [2.24, 2.45) is 11.7 Å². The molecule has 0 atom stereocenters. The van der Waals surface area contributed by atoms with Gasteiger partial charge in [-0.25, -0.2) is 0 Å². The lowest BCUT2D eigenvalue weighted by Crippen LogP contribution is -2.32. The molecule has 0 heterocycles. The van der Waals surface area contributed by atoms with Crippen molar-refractivity contribution < 1.29 is 14.3 Å². The van der Waals surface area contributed by atoms with E-state index in [-0.39, 0.29) is 11.8 Å². The molecule has 0 aromatic rings. The molecule has 6 nitrogen and oxygen atoms in total. The summed E-state index contributed by atoms with van der Waals surface area (Å²) in [5.74, 6) is 0.287. The third-order valence-electron chi connectivity index (χ3n) is 2.12. The fraction of sp³-hybridized carbons (Fsp3) is 0.833. The molecule has 0 fully saturated rings. The Morgan fingerprint density at radius 2 is 1.78 bits per heavy atom. The summed E-state index contributed by atoms with van der Waals surface area (Å²) in [6, 6.07) is 0. The molecule has 0 rings (SSSR count). The molecule has 0 aliphatic rings. The average Bonchev–Trinajstić information content (AvgIpc) is 2.32. The maximum Gasteiger partial charge on any atom is 0.222 e. The summed E-state index contributed by atoms with van der Waals surface area (Å²) >= 11 is 0. The third-order valence-corrected chi connectivity index (χ3v) is 2.12. The van der Waals surface area contributed by atoms with E-state index in [9.17, 15) is 9.59 Å². The molecule has 0 bridgehead atoms. The van der Waals surface area contributed by atoms with E-state index in [2.05, 4.69) is 10.6 Å². The first kappa shape index (κ1) is 16.9. The molecule has 106 valence electrons. The Balaban J connectivity index is 3.41. The fourth-order valence-corrected chi connectivity index (χ4v) is 1.16. The van der Waals surface area contributed by atoms with Crippen molar-refractivity contribution in [3.8, 4) is 0 Å². The first-order valence-corrected chi connectivity index (χ1v) is 6.37. The fourth-order valence-electron chi connectivity index (χ4n) is 1.16. The van der Waals surface area contributed by atoms with E-state index >= 15 is 0 Å². The molecule has 4 N–H and O–H groups in total. The van der Waals surface area contributed by atoms with E-state index in [4.69, 9.17) is 10.5 Å². The van der Waals surface area contributed by atoms with Crippen LogP contribution in [0, 0.1) is 5.92 Å². The Morgan fingerprint density at radius 1 is 1.11 bits per heavy atom. The zero-order valence-electron chi connectivity index (χ0n) is 11.3. The SMILES string of the molecule is CC(C)CNC(=O)CCNC(=O)CCOCCN. The molecular formula is C12H25N3O3. The van der Waals surface area contributed by atoms with Gasteiger partial charge < -0.3 is 21.1 Å². The van der Waals surface area contributed by atoms with Gasteiger partial charge in [0, 0.05) is 32.5 Å².